The fourth-order valence-electron chi connectivity index (χ4n) is 6.83. The number of ether oxygens (including phenoxy) is 1. The van der Waals surface area contributed by atoms with Crippen LogP contribution in [0.5, 0.6) is 0 Å². The number of rotatable bonds is 5. The highest BCUT2D eigenvalue weighted by molar-refractivity contribution is 9.10. The average Bonchev–Trinajstić information content (AvgIpc) is 2.76. The molecule has 3 N–H and O–H groups in total. The standard InChI is InChI=1S/C24H29BrN4O3/c25-19-7-14(1-2-16(19)11-26)12-29-3-4-32-20(13-29)22(30)28-21-17-5-15-6-18(21)10-24(8-15,9-17)23(27)31/h1-2,7,15,17-18,20-21H,3-6,8-10,12-13H2,(H2,27,31)(H,28,30)/t15?,17?,18?,20-,21?,24?/m1/s1. The second-order valence-corrected chi connectivity index (χ2v) is 11.0. The van der Waals surface area contributed by atoms with Crippen LogP contribution in [0.4, 0.5) is 0 Å². The Morgan fingerprint density at radius 3 is 2.69 bits per heavy atom. The van der Waals surface area contributed by atoms with Gasteiger partial charge >= 0.3 is 0 Å². The van der Waals surface area contributed by atoms with Gasteiger partial charge in [-0.15, -0.1) is 0 Å². The molecule has 8 heteroatoms. The number of carbonyl (C=O) groups is 2. The molecule has 2 amide bonds. The zero-order valence-electron chi connectivity index (χ0n) is 18.1. The minimum Gasteiger partial charge on any atom is -0.369 e. The fraction of sp³-hybridized carbons (Fsp3) is 0.625. The molecule has 170 valence electrons. The molecule has 3 atom stereocenters. The van der Waals surface area contributed by atoms with Crippen molar-refractivity contribution in [1.29, 1.82) is 5.26 Å². The van der Waals surface area contributed by atoms with E-state index in [1.54, 1.807) is 0 Å². The van der Waals surface area contributed by atoms with E-state index in [4.69, 9.17) is 15.7 Å². The molecule has 4 aliphatic carbocycles. The summed E-state index contributed by atoms with van der Waals surface area (Å²) in [5.74, 6) is 1.06. The van der Waals surface area contributed by atoms with E-state index in [0.29, 0.717) is 43.0 Å². The van der Waals surface area contributed by atoms with Crippen LogP contribution in [-0.4, -0.2) is 48.6 Å². The van der Waals surface area contributed by atoms with Gasteiger partial charge in [0.1, 0.15) is 12.2 Å². The molecule has 1 aliphatic heterocycles. The Morgan fingerprint density at radius 1 is 1.28 bits per heavy atom. The van der Waals surface area contributed by atoms with Crippen molar-refractivity contribution in [3.05, 3.63) is 33.8 Å². The maximum absolute atomic E-state index is 13.1. The van der Waals surface area contributed by atoms with Crippen LogP contribution in [0.25, 0.3) is 0 Å². The molecule has 0 radical (unpaired) electrons. The van der Waals surface area contributed by atoms with Gasteiger partial charge in [-0.25, -0.2) is 0 Å². The highest BCUT2D eigenvalue weighted by Crippen LogP contribution is 2.59. The van der Waals surface area contributed by atoms with Gasteiger partial charge in [-0.05, 0) is 83.5 Å². The van der Waals surface area contributed by atoms with Crippen molar-refractivity contribution in [2.24, 2.45) is 28.9 Å². The molecule has 1 saturated heterocycles. The predicted octanol–water partition coefficient (Wildman–Crippen LogP) is 2.32. The zero-order valence-corrected chi connectivity index (χ0v) is 19.6. The van der Waals surface area contributed by atoms with Gasteiger partial charge in [-0.3, -0.25) is 14.5 Å². The summed E-state index contributed by atoms with van der Waals surface area (Å²) in [5.41, 5.74) is 7.15. The summed E-state index contributed by atoms with van der Waals surface area (Å²) in [6.45, 7) is 2.52. The zero-order chi connectivity index (χ0) is 22.5. The highest BCUT2D eigenvalue weighted by atomic mass is 79.9. The van der Waals surface area contributed by atoms with Crippen molar-refractivity contribution >= 4 is 27.7 Å². The molecule has 0 aromatic heterocycles. The molecule has 7 nitrogen and oxygen atoms in total. The second-order valence-electron chi connectivity index (χ2n) is 10.2. The van der Waals surface area contributed by atoms with Crippen LogP contribution >= 0.6 is 15.9 Å². The number of nitrogens with two attached hydrogens (primary N) is 1. The maximum Gasteiger partial charge on any atom is 0.250 e. The predicted molar refractivity (Wildman–Crippen MR) is 121 cm³/mol. The van der Waals surface area contributed by atoms with Gasteiger partial charge < -0.3 is 15.8 Å². The first-order valence-electron chi connectivity index (χ1n) is 11.5. The molecule has 32 heavy (non-hydrogen) atoms. The Balaban J connectivity index is 1.21. The number of nitrogens with zero attached hydrogens (tertiary/aromatic N) is 2. The third-order valence-electron chi connectivity index (χ3n) is 8.11. The molecule has 2 unspecified atom stereocenters. The van der Waals surface area contributed by atoms with E-state index in [0.717, 1.165) is 48.7 Å². The Morgan fingerprint density at radius 2 is 2.03 bits per heavy atom. The van der Waals surface area contributed by atoms with Crippen molar-refractivity contribution in [3.8, 4) is 6.07 Å². The van der Waals surface area contributed by atoms with E-state index in [9.17, 15) is 9.59 Å². The molecular weight excluding hydrogens is 472 g/mol. The van der Waals surface area contributed by atoms with Crippen molar-refractivity contribution in [2.75, 3.05) is 19.7 Å². The molecule has 5 aliphatic rings. The van der Waals surface area contributed by atoms with Crippen molar-refractivity contribution < 1.29 is 14.3 Å². The van der Waals surface area contributed by atoms with E-state index < -0.39 is 6.10 Å². The molecule has 4 saturated carbocycles. The second kappa shape index (κ2) is 8.44. The number of amides is 2. The van der Waals surface area contributed by atoms with Gasteiger partial charge in [0.2, 0.25) is 5.91 Å². The lowest BCUT2D eigenvalue weighted by atomic mass is 9.47. The molecule has 1 aromatic rings. The van der Waals surface area contributed by atoms with E-state index in [1.807, 2.05) is 18.2 Å². The Kier molecular flexibility index (Phi) is 5.77. The summed E-state index contributed by atoms with van der Waals surface area (Å²) in [5, 5.41) is 12.4. The number of carbonyl (C=O) groups excluding carboxylic acids is 2. The van der Waals surface area contributed by atoms with Gasteiger partial charge in [0.15, 0.2) is 0 Å². The van der Waals surface area contributed by atoms with Gasteiger partial charge in [0.25, 0.3) is 5.91 Å². The smallest absolute Gasteiger partial charge is 0.250 e. The normalized spacial score (nSPS) is 35.9. The highest BCUT2D eigenvalue weighted by Gasteiger charge is 2.58. The Hall–Kier alpha value is -1.95. The first-order chi connectivity index (χ1) is 15.4. The first-order valence-corrected chi connectivity index (χ1v) is 12.3. The van der Waals surface area contributed by atoms with Gasteiger partial charge in [0, 0.05) is 35.6 Å². The van der Waals surface area contributed by atoms with E-state index in [1.165, 1.54) is 0 Å². The van der Waals surface area contributed by atoms with Gasteiger partial charge in [0.05, 0.1) is 12.2 Å². The van der Waals surface area contributed by atoms with Crippen molar-refractivity contribution in [1.82, 2.24) is 10.2 Å². The number of benzene rings is 1. The SMILES string of the molecule is N#Cc1ccc(CN2CCO[C@@H](C(=O)NC3C4CC5CC3CC(C(N)=O)(C5)C4)C2)cc1Br. The number of halogens is 1. The topological polar surface area (TPSA) is 108 Å². The number of morpholine rings is 1. The van der Waals surface area contributed by atoms with Crippen LogP contribution in [0, 0.1) is 34.5 Å². The molecule has 6 rings (SSSR count). The summed E-state index contributed by atoms with van der Waals surface area (Å²) in [7, 11) is 0. The fourth-order valence-corrected chi connectivity index (χ4v) is 7.34. The van der Waals surface area contributed by atoms with Crippen LogP contribution in [-0.2, 0) is 20.9 Å². The largest absolute Gasteiger partial charge is 0.369 e. The van der Waals surface area contributed by atoms with Crippen LogP contribution in [0.15, 0.2) is 22.7 Å². The quantitative estimate of drug-likeness (QED) is 0.644. The summed E-state index contributed by atoms with van der Waals surface area (Å²) < 4.78 is 6.63. The molecular formula is C24H29BrN4O3. The van der Waals surface area contributed by atoms with Gasteiger partial charge in [-0.2, -0.15) is 5.26 Å². The molecule has 1 heterocycles. The first kappa shape index (κ1) is 21.9. The number of hydrogen-bond donors (Lipinski definition) is 2. The molecule has 0 spiro atoms. The Labute approximate surface area is 196 Å². The lowest BCUT2D eigenvalue weighted by molar-refractivity contribution is -0.151. The number of primary amides is 1. The summed E-state index contributed by atoms with van der Waals surface area (Å²) in [6.07, 6.45) is 4.23. The third kappa shape index (κ3) is 3.95. The molecule has 5 fully saturated rings. The van der Waals surface area contributed by atoms with Crippen LogP contribution in [0.1, 0.15) is 43.2 Å². The third-order valence-corrected chi connectivity index (χ3v) is 8.76. The molecule has 4 bridgehead atoms. The van der Waals surface area contributed by atoms with E-state index in [2.05, 4.69) is 32.2 Å². The van der Waals surface area contributed by atoms with Crippen LogP contribution in [0.3, 0.4) is 0 Å². The lowest BCUT2D eigenvalue weighted by Crippen LogP contribution is -2.63. The van der Waals surface area contributed by atoms with Crippen molar-refractivity contribution in [3.63, 3.8) is 0 Å². The van der Waals surface area contributed by atoms with Crippen LogP contribution in [0.2, 0.25) is 0 Å². The summed E-state index contributed by atoms with van der Waals surface area (Å²) in [6, 6.07) is 8.02. The lowest BCUT2D eigenvalue weighted by Gasteiger charge is -2.59. The summed E-state index contributed by atoms with van der Waals surface area (Å²) >= 11 is 3.45. The summed E-state index contributed by atoms with van der Waals surface area (Å²) in [4.78, 5) is 27.5. The van der Waals surface area contributed by atoms with Crippen molar-refractivity contribution in [2.45, 2.75) is 50.8 Å². The average molecular weight is 501 g/mol. The van der Waals surface area contributed by atoms with Gasteiger partial charge in [-0.1, -0.05) is 6.07 Å². The maximum atomic E-state index is 13.1. The van der Waals surface area contributed by atoms with E-state index in [-0.39, 0.29) is 23.3 Å². The number of nitriles is 1. The molecule has 1 aromatic carbocycles. The minimum atomic E-state index is -0.493. The van der Waals surface area contributed by atoms with E-state index >= 15 is 0 Å². The monoisotopic (exact) mass is 500 g/mol. The number of hydrogen-bond acceptors (Lipinski definition) is 5. The Bertz CT molecular complexity index is 960. The minimum absolute atomic E-state index is 0.0405. The van der Waals surface area contributed by atoms with Crippen LogP contribution < -0.4 is 11.1 Å². The number of nitrogens with one attached hydrogen (secondary N) is 1.